The summed E-state index contributed by atoms with van der Waals surface area (Å²) in [4.78, 5) is 2.49. The molecule has 0 bridgehead atoms. The number of nitrogens with zero attached hydrogens (tertiary/aromatic N) is 1. The van der Waals surface area contributed by atoms with Gasteiger partial charge in [0.15, 0.2) is 0 Å². The number of likely N-dealkylation sites (N-methyl/N-ethyl adjacent to an activating group) is 1. The number of hydrogen-bond acceptors (Lipinski definition) is 2. The maximum Gasteiger partial charge on any atom is 0.0249 e. The molecule has 0 aliphatic heterocycles. The molecule has 2 unspecified atom stereocenters. The minimum Gasteiger partial charge on any atom is -0.326 e. The Labute approximate surface area is 102 Å². The monoisotopic (exact) mass is 226 g/mol. The smallest absolute Gasteiger partial charge is 0.0249 e. The number of nitrogens with two attached hydrogens (primary N) is 1. The van der Waals surface area contributed by atoms with Crippen LogP contribution in [0.4, 0.5) is 0 Å². The molecule has 2 N–H and O–H groups in total. The molecule has 2 nitrogen and oxygen atoms in total. The normalized spacial score (nSPS) is 30.0. The second-order valence-electron chi connectivity index (χ2n) is 6.80. The first-order chi connectivity index (χ1) is 7.32. The van der Waals surface area contributed by atoms with Gasteiger partial charge in [0.2, 0.25) is 0 Å². The van der Waals surface area contributed by atoms with E-state index in [2.05, 4.69) is 39.6 Å². The third-order valence-electron chi connectivity index (χ3n) is 4.04. The molecule has 1 rings (SSSR count). The maximum absolute atomic E-state index is 6.27. The fourth-order valence-corrected chi connectivity index (χ4v) is 2.68. The average Bonchev–Trinajstić information content (AvgIpc) is 2.18. The van der Waals surface area contributed by atoms with Gasteiger partial charge >= 0.3 is 0 Å². The molecule has 1 fully saturated rings. The van der Waals surface area contributed by atoms with Crippen LogP contribution in [0, 0.1) is 11.3 Å². The van der Waals surface area contributed by atoms with Gasteiger partial charge < -0.3 is 10.6 Å². The van der Waals surface area contributed by atoms with E-state index in [1.54, 1.807) is 0 Å². The summed E-state index contributed by atoms with van der Waals surface area (Å²) < 4.78 is 0. The molecule has 0 heterocycles. The van der Waals surface area contributed by atoms with E-state index in [0.717, 1.165) is 5.92 Å². The van der Waals surface area contributed by atoms with Crippen molar-refractivity contribution < 1.29 is 0 Å². The van der Waals surface area contributed by atoms with Crippen LogP contribution in [-0.2, 0) is 0 Å². The molecule has 0 aromatic heterocycles. The highest BCUT2D eigenvalue weighted by Gasteiger charge is 2.34. The Kier molecular flexibility index (Phi) is 4.81. The summed E-state index contributed by atoms with van der Waals surface area (Å²) in [6, 6.07) is 0.965. The van der Waals surface area contributed by atoms with Gasteiger partial charge in [0.05, 0.1) is 0 Å². The van der Waals surface area contributed by atoms with Crippen LogP contribution < -0.4 is 5.73 Å². The van der Waals surface area contributed by atoms with Crippen LogP contribution in [0.3, 0.4) is 0 Å². The minimum absolute atomic E-state index is 0.380. The molecule has 0 aromatic carbocycles. The van der Waals surface area contributed by atoms with Gasteiger partial charge in [-0.15, -0.1) is 0 Å². The van der Waals surface area contributed by atoms with E-state index < -0.39 is 0 Å². The number of rotatable bonds is 4. The molecule has 1 aliphatic rings. The molecule has 0 saturated heterocycles. The molecule has 96 valence electrons. The zero-order chi connectivity index (χ0) is 12.3. The van der Waals surface area contributed by atoms with Crippen molar-refractivity contribution in [3.05, 3.63) is 0 Å². The van der Waals surface area contributed by atoms with E-state index in [1.807, 2.05) is 0 Å². The molecule has 16 heavy (non-hydrogen) atoms. The van der Waals surface area contributed by atoms with Gasteiger partial charge in [-0.25, -0.2) is 0 Å². The zero-order valence-corrected chi connectivity index (χ0v) is 11.8. The Bertz CT molecular complexity index is 211. The quantitative estimate of drug-likeness (QED) is 0.798. The van der Waals surface area contributed by atoms with Gasteiger partial charge in [0.1, 0.15) is 0 Å². The van der Waals surface area contributed by atoms with E-state index in [-0.39, 0.29) is 0 Å². The van der Waals surface area contributed by atoms with Crippen LogP contribution in [0.2, 0.25) is 0 Å². The molecular formula is C14H30N2. The fraction of sp³-hybridized carbons (Fsp3) is 1.00. The lowest BCUT2D eigenvalue weighted by atomic mass is 9.72. The zero-order valence-electron chi connectivity index (χ0n) is 11.8. The molecule has 2 heteroatoms. The lowest BCUT2D eigenvalue weighted by molar-refractivity contribution is 0.0932. The van der Waals surface area contributed by atoms with Gasteiger partial charge in [0, 0.05) is 12.1 Å². The van der Waals surface area contributed by atoms with Crippen molar-refractivity contribution >= 4 is 0 Å². The van der Waals surface area contributed by atoms with Crippen LogP contribution in [0.25, 0.3) is 0 Å². The van der Waals surface area contributed by atoms with Crippen LogP contribution in [0.5, 0.6) is 0 Å². The van der Waals surface area contributed by atoms with Crippen molar-refractivity contribution in [2.45, 2.75) is 65.5 Å². The maximum atomic E-state index is 6.27. The van der Waals surface area contributed by atoms with E-state index in [4.69, 9.17) is 5.73 Å². The van der Waals surface area contributed by atoms with Gasteiger partial charge in [-0.05, 0) is 50.6 Å². The third kappa shape index (κ3) is 4.06. The van der Waals surface area contributed by atoms with E-state index in [9.17, 15) is 0 Å². The summed E-state index contributed by atoms with van der Waals surface area (Å²) in [6.45, 7) is 10.5. The highest BCUT2D eigenvalue weighted by atomic mass is 15.1. The second-order valence-corrected chi connectivity index (χ2v) is 6.80. The van der Waals surface area contributed by atoms with Crippen LogP contribution in [0.15, 0.2) is 0 Å². The molecule has 1 aliphatic carbocycles. The topological polar surface area (TPSA) is 29.3 Å². The van der Waals surface area contributed by atoms with E-state index in [1.165, 1.54) is 32.2 Å². The van der Waals surface area contributed by atoms with Crippen molar-refractivity contribution in [3.63, 3.8) is 0 Å². The first-order valence-electron chi connectivity index (χ1n) is 6.77. The first-order valence-corrected chi connectivity index (χ1v) is 6.77. The van der Waals surface area contributed by atoms with E-state index >= 15 is 0 Å². The molecule has 1 saturated carbocycles. The second kappa shape index (κ2) is 5.50. The van der Waals surface area contributed by atoms with Crippen LogP contribution in [-0.4, -0.2) is 30.6 Å². The molecule has 0 radical (unpaired) electrons. The SMILES string of the molecule is CC(C)CCN(C)C1CC(C)(C)CCC1N. The van der Waals surface area contributed by atoms with Gasteiger partial charge in [-0.2, -0.15) is 0 Å². The summed E-state index contributed by atoms with van der Waals surface area (Å²) in [5, 5.41) is 0. The van der Waals surface area contributed by atoms with E-state index in [0.29, 0.717) is 17.5 Å². The van der Waals surface area contributed by atoms with Gasteiger partial charge in [0.25, 0.3) is 0 Å². The highest BCUT2D eigenvalue weighted by molar-refractivity contribution is 4.92. The van der Waals surface area contributed by atoms with Gasteiger partial charge in [-0.3, -0.25) is 0 Å². The summed E-state index contributed by atoms with van der Waals surface area (Å²) in [5.74, 6) is 0.787. The van der Waals surface area contributed by atoms with Crippen LogP contribution in [0.1, 0.15) is 53.4 Å². The summed E-state index contributed by atoms with van der Waals surface area (Å²) in [7, 11) is 2.24. The van der Waals surface area contributed by atoms with Crippen molar-refractivity contribution in [1.82, 2.24) is 4.90 Å². The third-order valence-corrected chi connectivity index (χ3v) is 4.04. The molecular weight excluding hydrogens is 196 g/mol. The predicted molar refractivity (Wildman–Crippen MR) is 71.5 cm³/mol. The van der Waals surface area contributed by atoms with Crippen molar-refractivity contribution in [2.24, 2.45) is 17.1 Å². The predicted octanol–water partition coefficient (Wildman–Crippen LogP) is 2.87. The Hall–Kier alpha value is -0.0800. The molecule has 2 atom stereocenters. The molecule has 0 spiro atoms. The Morgan fingerprint density at radius 3 is 2.56 bits per heavy atom. The lowest BCUT2D eigenvalue weighted by Gasteiger charge is -2.43. The van der Waals surface area contributed by atoms with Crippen molar-refractivity contribution in [3.8, 4) is 0 Å². The molecule has 0 aromatic rings. The number of hydrogen-bond donors (Lipinski definition) is 1. The minimum atomic E-state index is 0.380. The van der Waals surface area contributed by atoms with Gasteiger partial charge in [-0.1, -0.05) is 27.7 Å². The highest BCUT2D eigenvalue weighted by Crippen LogP contribution is 2.36. The fourth-order valence-electron chi connectivity index (χ4n) is 2.68. The summed E-state index contributed by atoms with van der Waals surface area (Å²) in [5.41, 5.74) is 6.74. The standard InChI is InChI=1S/C14H30N2/c1-11(2)7-9-16(5)13-10-14(3,4)8-6-12(13)15/h11-13H,6-10,15H2,1-5H3. The Balaban J connectivity index is 2.49. The molecule has 0 amide bonds. The lowest BCUT2D eigenvalue weighted by Crippen LogP contribution is -2.51. The average molecular weight is 226 g/mol. The first kappa shape index (κ1) is 14.0. The summed E-state index contributed by atoms with van der Waals surface area (Å²) >= 11 is 0. The van der Waals surface area contributed by atoms with Crippen LogP contribution >= 0.6 is 0 Å². The Morgan fingerprint density at radius 1 is 1.38 bits per heavy atom. The summed E-state index contributed by atoms with van der Waals surface area (Å²) in [6.07, 6.45) is 5.00. The largest absolute Gasteiger partial charge is 0.326 e. The Morgan fingerprint density at radius 2 is 2.00 bits per heavy atom. The van der Waals surface area contributed by atoms with Crippen molar-refractivity contribution in [2.75, 3.05) is 13.6 Å². The van der Waals surface area contributed by atoms with Crippen molar-refractivity contribution in [1.29, 1.82) is 0 Å².